The summed E-state index contributed by atoms with van der Waals surface area (Å²) in [6.45, 7) is 7.52. The van der Waals surface area contributed by atoms with Crippen molar-refractivity contribution in [2.24, 2.45) is 5.41 Å². The molecule has 0 aliphatic carbocycles. The lowest BCUT2D eigenvalue weighted by Gasteiger charge is -2.18. The average Bonchev–Trinajstić information content (AvgIpc) is 2.11. The van der Waals surface area contributed by atoms with Gasteiger partial charge in [0.1, 0.15) is 0 Å². The van der Waals surface area contributed by atoms with Crippen molar-refractivity contribution in [1.29, 1.82) is 0 Å². The Hall–Kier alpha value is -0.900. The number of amides is 1. The lowest BCUT2D eigenvalue weighted by Crippen LogP contribution is -2.27. The van der Waals surface area contributed by atoms with Crippen molar-refractivity contribution in [1.82, 2.24) is 4.98 Å². The smallest absolute Gasteiger partial charge is 0.229 e. The average molecular weight is 271 g/mol. The van der Waals surface area contributed by atoms with Crippen LogP contribution in [-0.2, 0) is 4.79 Å². The van der Waals surface area contributed by atoms with E-state index in [-0.39, 0.29) is 5.91 Å². The number of hydrogen-bond acceptors (Lipinski definition) is 2. The van der Waals surface area contributed by atoms with E-state index in [4.69, 9.17) is 0 Å². The second-order valence-electron chi connectivity index (χ2n) is 4.46. The van der Waals surface area contributed by atoms with Gasteiger partial charge < -0.3 is 5.32 Å². The van der Waals surface area contributed by atoms with Gasteiger partial charge in [-0.05, 0) is 28.9 Å². The zero-order chi connectivity index (χ0) is 11.6. The van der Waals surface area contributed by atoms with Gasteiger partial charge >= 0.3 is 0 Å². The molecule has 4 heteroatoms. The van der Waals surface area contributed by atoms with E-state index in [1.165, 1.54) is 0 Å². The summed E-state index contributed by atoms with van der Waals surface area (Å²) in [5, 5.41) is 2.87. The van der Waals surface area contributed by atoms with Gasteiger partial charge in [-0.2, -0.15) is 0 Å². The topological polar surface area (TPSA) is 42.0 Å². The maximum Gasteiger partial charge on any atom is 0.229 e. The molecule has 0 aromatic carbocycles. The fourth-order valence-electron chi connectivity index (χ4n) is 0.955. The van der Waals surface area contributed by atoms with Crippen molar-refractivity contribution < 1.29 is 4.79 Å². The van der Waals surface area contributed by atoms with Gasteiger partial charge in [-0.25, -0.2) is 0 Å². The first-order valence-corrected chi connectivity index (χ1v) is 5.54. The van der Waals surface area contributed by atoms with Gasteiger partial charge in [0, 0.05) is 11.6 Å². The van der Waals surface area contributed by atoms with Crippen molar-refractivity contribution >= 4 is 27.5 Å². The molecule has 0 fully saturated rings. The fourth-order valence-corrected chi connectivity index (χ4v) is 1.29. The molecule has 82 valence electrons. The zero-order valence-corrected chi connectivity index (χ0v) is 11.0. The number of hydrogen-bond donors (Lipinski definition) is 1. The molecule has 0 atom stereocenters. The summed E-state index contributed by atoms with van der Waals surface area (Å²) < 4.78 is 0.836. The summed E-state index contributed by atoms with van der Waals surface area (Å²) >= 11 is 3.40. The SMILES string of the molecule is Cc1nccc(NC(=O)C(C)(C)C)c1Br. The normalized spacial score (nSPS) is 11.3. The Balaban J connectivity index is 2.91. The molecule has 0 bridgehead atoms. The second-order valence-corrected chi connectivity index (χ2v) is 5.26. The molecule has 0 aliphatic heterocycles. The highest BCUT2D eigenvalue weighted by Gasteiger charge is 2.21. The largest absolute Gasteiger partial charge is 0.325 e. The minimum absolute atomic E-state index is 0.00574. The maximum absolute atomic E-state index is 11.7. The molecule has 0 saturated carbocycles. The van der Waals surface area contributed by atoms with Crippen LogP contribution < -0.4 is 5.32 Å². The minimum Gasteiger partial charge on any atom is -0.325 e. The maximum atomic E-state index is 11.7. The highest BCUT2D eigenvalue weighted by molar-refractivity contribution is 9.10. The number of carbonyl (C=O) groups excluding carboxylic acids is 1. The third-order valence-corrected chi connectivity index (χ3v) is 2.99. The van der Waals surface area contributed by atoms with Crippen molar-refractivity contribution in [3.8, 4) is 0 Å². The first kappa shape index (κ1) is 12.2. The molecular formula is C11H15BrN2O. The Labute approximate surface area is 98.4 Å². The molecule has 1 N–H and O–H groups in total. The molecule has 0 aliphatic rings. The number of pyridine rings is 1. The standard InChI is InChI=1S/C11H15BrN2O/c1-7-9(12)8(5-6-13-7)14-10(15)11(2,3)4/h5-6H,1-4H3,(H,13,14,15). The molecule has 3 nitrogen and oxygen atoms in total. The number of nitrogens with one attached hydrogen (secondary N) is 1. The molecule has 0 unspecified atom stereocenters. The van der Waals surface area contributed by atoms with Crippen LogP contribution in [-0.4, -0.2) is 10.9 Å². The lowest BCUT2D eigenvalue weighted by atomic mass is 9.95. The first-order chi connectivity index (χ1) is 6.82. The third kappa shape index (κ3) is 3.02. The molecule has 0 saturated heterocycles. The van der Waals surface area contributed by atoms with E-state index >= 15 is 0 Å². The van der Waals surface area contributed by atoms with Gasteiger partial charge in [0.2, 0.25) is 5.91 Å². The van der Waals surface area contributed by atoms with Crippen LogP contribution in [0.1, 0.15) is 26.5 Å². The number of aryl methyl sites for hydroxylation is 1. The van der Waals surface area contributed by atoms with E-state index in [1.807, 2.05) is 27.7 Å². The summed E-state index contributed by atoms with van der Waals surface area (Å²) in [7, 11) is 0. The summed E-state index contributed by atoms with van der Waals surface area (Å²) in [4.78, 5) is 15.9. The van der Waals surface area contributed by atoms with Gasteiger partial charge in [0.25, 0.3) is 0 Å². The minimum atomic E-state index is -0.392. The van der Waals surface area contributed by atoms with Crippen LogP contribution in [0.2, 0.25) is 0 Å². The first-order valence-electron chi connectivity index (χ1n) is 4.75. The molecule has 1 amide bonds. The number of halogens is 1. The van der Waals surface area contributed by atoms with Crippen LogP contribution >= 0.6 is 15.9 Å². The molecule has 1 aromatic heterocycles. The van der Waals surface area contributed by atoms with E-state index in [2.05, 4.69) is 26.2 Å². The lowest BCUT2D eigenvalue weighted by molar-refractivity contribution is -0.123. The predicted molar refractivity (Wildman–Crippen MR) is 64.8 cm³/mol. The van der Waals surface area contributed by atoms with E-state index in [9.17, 15) is 4.79 Å². The van der Waals surface area contributed by atoms with Crippen LogP contribution in [0.15, 0.2) is 16.7 Å². The van der Waals surface area contributed by atoms with E-state index < -0.39 is 5.41 Å². The summed E-state index contributed by atoms with van der Waals surface area (Å²) in [6.07, 6.45) is 1.68. The number of anilines is 1. The van der Waals surface area contributed by atoms with Crippen LogP contribution in [0.25, 0.3) is 0 Å². The highest BCUT2D eigenvalue weighted by atomic mass is 79.9. The summed E-state index contributed by atoms with van der Waals surface area (Å²) in [5.74, 6) is -0.00574. The van der Waals surface area contributed by atoms with E-state index in [0.717, 1.165) is 15.9 Å². The number of carbonyl (C=O) groups is 1. The zero-order valence-electron chi connectivity index (χ0n) is 9.39. The Morgan fingerprint density at radius 1 is 1.47 bits per heavy atom. The molecule has 1 aromatic rings. The van der Waals surface area contributed by atoms with Crippen molar-refractivity contribution in [3.63, 3.8) is 0 Å². The van der Waals surface area contributed by atoms with Crippen molar-refractivity contribution in [2.45, 2.75) is 27.7 Å². The quantitative estimate of drug-likeness (QED) is 0.852. The van der Waals surface area contributed by atoms with Gasteiger partial charge in [0.15, 0.2) is 0 Å². The molecule has 15 heavy (non-hydrogen) atoms. The Kier molecular flexibility index (Phi) is 3.50. The second kappa shape index (κ2) is 4.31. The van der Waals surface area contributed by atoms with Gasteiger partial charge in [0.05, 0.1) is 15.9 Å². The fraction of sp³-hybridized carbons (Fsp3) is 0.455. The number of aromatic nitrogens is 1. The summed E-state index contributed by atoms with van der Waals surface area (Å²) in [6, 6.07) is 1.78. The number of nitrogens with zero attached hydrogens (tertiary/aromatic N) is 1. The van der Waals surface area contributed by atoms with Gasteiger partial charge in [-0.1, -0.05) is 20.8 Å². The van der Waals surface area contributed by atoms with Crippen molar-refractivity contribution in [3.05, 3.63) is 22.4 Å². The molecule has 1 heterocycles. The Bertz CT molecular complexity index is 383. The number of rotatable bonds is 1. The van der Waals surface area contributed by atoms with Crippen LogP contribution in [0.5, 0.6) is 0 Å². The molecule has 0 spiro atoms. The molecule has 1 rings (SSSR count). The Morgan fingerprint density at radius 2 is 2.07 bits per heavy atom. The van der Waals surface area contributed by atoms with Crippen LogP contribution in [0, 0.1) is 12.3 Å². The highest BCUT2D eigenvalue weighted by Crippen LogP contribution is 2.26. The van der Waals surface area contributed by atoms with Gasteiger partial charge in [-0.15, -0.1) is 0 Å². The van der Waals surface area contributed by atoms with E-state index in [1.54, 1.807) is 12.3 Å². The van der Waals surface area contributed by atoms with Crippen LogP contribution in [0.4, 0.5) is 5.69 Å². The monoisotopic (exact) mass is 270 g/mol. The predicted octanol–water partition coefficient (Wildman–Crippen LogP) is 3.14. The van der Waals surface area contributed by atoms with Gasteiger partial charge in [-0.3, -0.25) is 9.78 Å². The molecule has 0 radical (unpaired) electrons. The Morgan fingerprint density at radius 3 is 2.60 bits per heavy atom. The molecular weight excluding hydrogens is 256 g/mol. The summed E-state index contributed by atoms with van der Waals surface area (Å²) in [5.41, 5.74) is 1.24. The van der Waals surface area contributed by atoms with E-state index in [0.29, 0.717) is 0 Å². The van der Waals surface area contributed by atoms with Crippen molar-refractivity contribution in [2.75, 3.05) is 5.32 Å². The third-order valence-electron chi connectivity index (χ3n) is 1.99. The van der Waals surface area contributed by atoms with Crippen LogP contribution in [0.3, 0.4) is 0 Å².